The van der Waals surface area contributed by atoms with Gasteiger partial charge in [-0.3, -0.25) is 14.4 Å². The molecule has 0 bridgehead atoms. The van der Waals surface area contributed by atoms with Gasteiger partial charge in [-0.25, -0.2) is 4.79 Å². The number of aromatic nitrogens is 4. The minimum absolute atomic E-state index is 0.151. The van der Waals surface area contributed by atoms with Crippen LogP contribution < -0.4 is 16.0 Å². The molecule has 0 radical (unpaired) electrons. The van der Waals surface area contributed by atoms with Crippen LogP contribution in [0.1, 0.15) is 24.0 Å². The number of benzene rings is 3. The van der Waals surface area contributed by atoms with Gasteiger partial charge in [0.15, 0.2) is 0 Å². The molecule has 3 aromatic carbocycles. The lowest BCUT2D eigenvalue weighted by molar-refractivity contribution is -0.143. The number of nitrogens with zero attached hydrogens (tertiary/aromatic N) is 5. The van der Waals surface area contributed by atoms with Gasteiger partial charge in [-0.05, 0) is 77.4 Å². The lowest BCUT2D eigenvalue weighted by atomic mass is 9.99. The van der Waals surface area contributed by atoms with Crippen LogP contribution in [0.15, 0.2) is 85.2 Å². The highest BCUT2D eigenvalue weighted by molar-refractivity contribution is 6.30. The summed E-state index contributed by atoms with van der Waals surface area (Å²) in [5.74, 6) is -2.43. The lowest BCUT2D eigenvalue weighted by Gasteiger charge is -2.30. The van der Waals surface area contributed by atoms with Crippen LogP contribution in [-0.4, -0.2) is 73.2 Å². The van der Waals surface area contributed by atoms with Gasteiger partial charge in [0, 0.05) is 47.5 Å². The maximum absolute atomic E-state index is 13.4. The predicted molar refractivity (Wildman–Crippen MR) is 171 cm³/mol. The second kappa shape index (κ2) is 14.9. The summed E-state index contributed by atoms with van der Waals surface area (Å²) in [4.78, 5) is 52.0. The molecule has 4 amide bonds. The van der Waals surface area contributed by atoms with Gasteiger partial charge in [0.2, 0.25) is 11.8 Å². The first-order valence-corrected chi connectivity index (χ1v) is 14.9. The molecule has 46 heavy (non-hydrogen) atoms. The molecule has 0 saturated carbocycles. The number of likely N-dealkylation sites (tertiary alicyclic amines) is 1. The highest BCUT2D eigenvalue weighted by Gasteiger charge is 2.28. The number of carboxylic acid groups (broad SMARTS) is 1. The normalized spacial score (nSPS) is 15.2. The molecule has 2 atom stereocenters. The molecular formula is C32H31ClN8O5. The molecule has 13 nitrogen and oxygen atoms in total. The average Bonchev–Trinajstić information content (AvgIpc) is 3.60. The maximum atomic E-state index is 13.4. The summed E-state index contributed by atoms with van der Waals surface area (Å²) in [6.45, 7) is 0.631. The quantitative estimate of drug-likeness (QED) is 0.188. The van der Waals surface area contributed by atoms with Crippen LogP contribution in [0.4, 0.5) is 16.2 Å². The third-order valence-electron chi connectivity index (χ3n) is 7.38. The topological polar surface area (TPSA) is 171 Å². The van der Waals surface area contributed by atoms with Crippen LogP contribution >= 0.6 is 11.6 Å². The number of halogens is 1. The Morgan fingerprint density at radius 3 is 2.43 bits per heavy atom. The van der Waals surface area contributed by atoms with Crippen molar-refractivity contribution in [2.75, 3.05) is 23.7 Å². The molecule has 1 aliphatic rings. The minimum atomic E-state index is -0.918. The van der Waals surface area contributed by atoms with Gasteiger partial charge in [0.1, 0.15) is 12.4 Å². The summed E-state index contributed by atoms with van der Waals surface area (Å²) in [5.41, 5.74) is 3.00. The number of nitrogens with one attached hydrogen (secondary N) is 3. The summed E-state index contributed by atoms with van der Waals surface area (Å²) in [6.07, 6.45) is 5.69. The Kier molecular flexibility index (Phi) is 10.4. The van der Waals surface area contributed by atoms with Gasteiger partial charge < -0.3 is 26.0 Å². The van der Waals surface area contributed by atoms with Crippen molar-refractivity contribution in [3.8, 4) is 5.69 Å². The Morgan fingerprint density at radius 1 is 1.00 bits per heavy atom. The fourth-order valence-corrected chi connectivity index (χ4v) is 5.20. The molecule has 1 saturated heterocycles. The molecule has 1 aromatic heterocycles. The number of tetrazole rings is 1. The zero-order valence-corrected chi connectivity index (χ0v) is 25.3. The monoisotopic (exact) mass is 642 g/mol. The van der Waals surface area contributed by atoms with Gasteiger partial charge in [-0.1, -0.05) is 41.9 Å². The first-order chi connectivity index (χ1) is 22.2. The zero-order chi connectivity index (χ0) is 32.5. The second-order valence-corrected chi connectivity index (χ2v) is 11.1. The molecule has 14 heteroatoms. The van der Waals surface area contributed by atoms with Gasteiger partial charge in [0.25, 0.3) is 0 Å². The highest BCUT2D eigenvalue weighted by Crippen LogP contribution is 2.21. The Bertz CT molecular complexity index is 1710. The number of carbonyl (C=O) groups is 4. The predicted octanol–water partition coefficient (Wildman–Crippen LogP) is 4.02. The fourth-order valence-electron chi connectivity index (χ4n) is 5.02. The first-order valence-electron chi connectivity index (χ1n) is 14.5. The number of piperidine rings is 1. The summed E-state index contributed by atoms with van der Waals surface area (Å²) >= 11 is 6.18. The number of hydrogen-bond acceptors (Lipinski definition) is 7. The van der Waals surface area contributed by atoms with Crippen molar-refractivity contribution in [3.63, 3.8) is 0 Å². The van der Waals surface area contributed by atoms with E-state index in [0.717, 1.165) is 5.56 Å². The van der Waals surface area contributed by atoms with Crippen LogP contribution in [0.3, 0.4) is 0 Å². The van der Waals surface area contributed by atoms with E-state index in [-0.39, 0.29) is 19.0 Å². The molecule has 236 valence electrons. The van der Waals surface area contributed by atoms with Crippen molar-refractivity contribution in [3.05, 3.63) is 101 Å². The Morgan fingerprint density at radius 2 is 1.74 bits per heavy atom. The second-order valence-electron chi connectivity index (χ2n) is 10.7. The molecule has 2 unspecified atom stereocenters. The standard InChI is InChI=1S/C32H31ClN8O5/c33-24-9-14-28(41-20-34-38-39-41)22(18-24)8-15-29(42)37-27(17-21-5-2-1-3-6-21)30(43)35-25-10-12-26(13-11-25)36-32(46)40-16-4-7-23(19-40)31(44)45/h1-3,5-6,8-15,18,20,23,27H,4,7,16-17,19H2,(H,35,43)(H,36,46)(H,37,42)(H,44,45). The lowest BCUT2D eigenvalue weighted by Crippen LogP contribution is -2.44. The van der Waals surface area contributed by atoms with Crippen LogP contribution in [0, 0.1) is 5.92 Å². The van der Waals surface area contributed by atoms with E-state index in [4.69, 9.17) is 11.6 Å². The van der Waals surface area contributed by atoms with Gasteiger partial charge in [-0.15, -0.1) is 5.10 Å². The molecule has 1 fully saturated rings. The molecular weight excluding hydrogens is 612 g/mol. The molecule has 2 heterocycles. The van der Waals surface area contributed by atoms with E-state index in [2.05, 4.69) is 31.5 Å². The van der Waals surface area contributed by atoms with Gasteiger partial charge >= 0.3 is 12.0 Å². The first kappa shape index (κ1) is 31.9. The molecule has 0 spiro atoms. The zero-order valence-electron chi connectivity index (χ0n) is 24.5. The third-order valence-corrected chi connectivity index (χ3v) is 7.61. The van der Waals surface area contributed by atoms with E-state index < -0.39 is 29.7 Å². The number of hydrogen-bond donors (Lipinski definition) is 4. The minimum Gasteiger partial charge on any atom is -0.481 e. The van der Waals surface area contributed by atoms with Crippen molar-refractivity contribution in [2.24, 2.45) is 5.92 Å². The molecule has 0 aliphatic carbocycles. The highest BCUT2D eigenvalue weighted by atomic mass is 35.5. The third kappa shape index (κ3) is 8.54. The van der Waals surface area contributed by atoms with Crippen LogP contribution in [0.2, 0.25) is 5.02 Å². The smallest absolute Gasteiger partial charge is 0.321 e. The number of carbonyl (C=O) groups excluding carboxylic acids is 3. The Labute approximate surface area is 269 Å². The summed E-state index contributed by atoms with van der Waals surface area (Å²) in [6, 6.07) is 19.6. The van der Waals surface area contributed by atoms with Crippen molar-refractivity contribution >= 4 is 52.9 Å². The largest absolute Gasteiger partial charge is 0.481 e. The summed E-state index contributed by atoms with van der Waals surface area (Å²) in [5, 5.41) is 29.3. The van der Waals surface area contributed by atoms with Crippen molar-refractivity contribution in [1.29, 1.82) is 0 Å². The van der Waals surface area contributed by atoms with Gasteiger partial charge in [-0.2, -0.15) is 4.68 Å². The van der Waals surface area contributed by atoms with Crippen molar-refractivity contribution in [2.45, 2.75) is 25.3 Å². The number of amides is 4. The van der Waals surface area contributed by atoms with Gasteiger partial charge in [0.05, 0.1) is 11.6 Å². The Hall–Kier alpha value is -5.56. The molecule has 4 aromatic rings. The van der Waals surface area contributed by atoms with E-state index in [9.17, 15) is 24.3 Å². The Balaban J connectivity index is 1.24. The van der Waals surface area contributed by atoms with Crippen LogP contribution in [0.25, 0.3) is 11.8 Å². The number of rotatable bonds is 10. The molecule has 1 aliphatic heterocycles. The van der Waals surface area contributed by atoms with E-state index in [1.165, 1.54) is 22.0 Å². The van der Waals surface area contributed by atoms with E-state index in [1.54, 1.807) is 48.5 Å². The molecule has 5 rings (SSSR count). The number of carboxylic acids is 1. The average molecular weight is 643 g/mol. The van der Waals surface area contributed by atoms with Crippen LogP contribution in [0.5, 0.6) is 0 Å². The number of urea groups is 1. The molecule has 4 N–H and O–H groups in total. The summed E-state index contributed by atoms with van der Waals surface area (Å²) in [7, 11) is 0. The van der Waals surface area contributed by atoms with Crippen LogP contribution in [-0.2, 0) is 20.8 Å². The van der Waals surface area contributed by atoms with E-state index in [0.29, 0.717) is 47.0 Å². The maximum Gasteiger partial charge on any atom is 0.321 e. The fraction of sp³-hybridized carbons (Fsp3) is 0.219. The van der Waals surface area contributed by atoms with Crippen molar-refractivity contribution in [1.82, 2.24) is 30.4 Å². The SMILES string of the molecule is O=C(C=Cc1cc(Cl)ccc1-n1cnnn1)NC(Cc1ccccc1)C(=O)Nc1ccc(NC(=O)N2CCCC(C(=O)O)C2)cc1. The van der Waals surface area contributed by atoms with Crippen molar-refractivity contribution < 1.29 is 24.3 Å². The van der Waals surface area contributed by atoms with E-state index >= 15 is 0 Å². The number of aliphatic carboxylic acids is 1. The van der Waals surface area contributed by atoms with E-state index in [1.807, 2.05) is 30.3 Å². The number of anilines is 2. The summed E-state index contributed by atoms with van der Waals surface area (Å²) < 4.78 is 1.44.